The fourth-order valence-corrected chi connectivity index (χ4v) is 1.81. The summed E-state index contributed by atoms with van der Waals surface area (Å²) in [5.74, 6) is -0.144. The molecule has 0 saturated carbocycles. The number of rotatable bonds is 6. The van der Waals surface area contributed by atoms with E-state index in [0.717, 1.165) is 0 Å². The summed E-state index contributed by atoms with van der Waals surface area (Å²) < 4.78 is 45.3. The third kappa shape index (κ3) is 10.2. The number of halogens is 3. The van der Waals surface area contributed by atoms with Crippen LogP contribution in [0.15, 0.2) is 29.3 Å². The maximum Gasteiger partial charge on any atom is 0.573 e. The third-order valence-electron chi connectivity index (χ3n) is 3.05. The SMILES string of the molecule is CN(CCNC(N)=NCc1ccc(OC(F)(F)F)cc1)C(=O)OC(C)(C)C. The van der Waals surface area contributed by atoms with Gasteiger partial charge in [0.05, 0.1) is 6.54 Å². The van der Waals surface area contributed by atoms with E-state index >= 15 is 0 Å². The predicted octanol–water partition coefficient (Wildman–Crippen LogP) is 2.86. The summed E-state index contributed by atoms with van der Waals surface area (Å²) in [5, 5.41) is 2.85. The first kappa shape index (κ1) is 22.4. The lowest BCUT2D eigenvalue weighted by Gasteiger charge is -2.24. The third-order valence-corrected chi connectivity index (χ3v) is 3.05. The van der Waals surface area contributed by atoms with Gasteiger partial charge in [0.1, 0.15) is 11.4 Å². The number of guanidine groups is 1. The molecule has 7 nitrogen and oxygen atoms in total. The number of carbonyl (C=O) groups is 1. The summed E-state index contributed by atoms with van der Waals surface area (Å²) in [4.78, 5) is 17.3. The molecule has 3 N–H and O–H groups in total. The van der Waals surface area contributed by atoms with Crippen LogP contribution in [0.4, 0.5) is 18.0 Å². The van der Waals surface area contributed by atoms with Gasteiger partial charge in [-0.2, -0.15) is 0 Å². The quantitative estimate of drug-likeness (QED) is 0.576. The lowest BCUT2D eigenvalue weighted by molar-refractivity contribution is -0.274. The molecule has 27 heavy (non-hydrogen) atoms. The van der Waals surface area contributed by atoms with Crippen molar-refractivity contribution in [2.24, 2.45) is 10.7 Å². The Morgan fingerprint density at radius 1 is 1.22 bits per heavy atom. The first-order valence-electron chi connectivity index (χ1n) is 8.18. The van der Waals surface area contributed by atoms with Crippen LogP contribution in [0.3, 0.4) is 0 Å². The molecule has 0 saturated heterocycles. The molecule has 1 amide bonds. The monoisotopic (exact) mass is 390 g/mol. The van der Waals surface area contributed by atoms with E-state index in [1.54, 1.807) is 27.8 Å². The van der Waals surface area contributed by atoms with Crippen LogP contribution in [0.5, 0.6) is 5.75 Å². The van der Waals surface area contributed by atoms with Gasteiger partial charge in [0.15, 0.2) is 5.96 Å². The zero-order valence-electron chi connectivity index (χ0n) is 15.8. The molecule has 0 aliphatic rings. The van der Waals surface area contributed by atoms with Crippen LogP contribution >= 0.6 is 0 Å². The van der Waals surface area contributed by atoms with Crippen molar-refractivity contribution in [3.8, 4) is 5.75 Å². The van der Waals surface area contributed by atoms with Crippen LogP contribution in [0.1, 0.15) is 26.3 Å². The van der Waals surface area contributed by atoms with E-state index in [1.165, 1.54) is 29.2 Å². The number of aliphatic imine (C=N–C) groups is 1. The van der Waals surface area contributed by atoms with E-state index < -0.39 is 18.1 Å². The molecule has 1 aromatic carbocycles. The smallest absolute Gasteiger partial charge is 0.444 e. The number of nitrogens with one attached hydrogen (secondary N) is 1. The first-order valence-corrected chi connectivity index (χ1v) is 8.18. The van der Waals surface area contributed by atoms with Crippen molar-refractivity contribution in [3.63, 3.8) is 0 Å². The highest BCUT2D eigenvalue weighted by atomic mass is 19.4. The highest BCUT2D eigenvalue weighted by molar-refractivity contribution is 5.77. The Kier molecular flexibility index (Phi) is 7.74. The molecule has 0 bridgehead atoms. The number of hydrogen-bond acceptors (Lipinski definition) is 4. The fraction of sp³-hybridized carbons (Fsp3) is 0.529. The number of alkyl halides is 3. The maximum absolute atomic E-state index is 12.1. The second-order valence-electron chi connectivity index (χ2n) is 6.72. The zero-order valence-corrected chi connectivity index (χ0v) is 15.8. The van der Waals surface area contributed by atoms with E-state index in [0.29, 0.717) is 18.7 Å². The van der Waals surface area contributed by atoms with Crippen LogP contribution in [0, 0.1) is 0 Å². The number of nitrogens with zero attached hydrogens (tertiary/aromatic N) is 2. The van der Waals surface area contributed by atoms with E-state index in [2.05, 4.69) is 15.0 Å². The van der Waals surface area contributed by atoms with Gasteiger partial charge in [-0.1, -0.05) is 12.1 Å². The van der Waals surface area contributed by atoms with Gasteiger partial charge in [-0.05, 0) is 38.5 Å². The van der Waals surface area contributed by atoms with E-state index in [-0.39, 0.29) is 18.3 Å². The largest absolute Gasteiger partial charge is 0.573 e. The summed E-state index contributed by atoms with van der Waals surface area (Å²) >= 11 is 0. The van der Waals surface area contributed by atoms with Crippen molar-refractivity contribution in [2.75, 3.05) is 20.1 Å². The second kappa shape index (κ2) is 9.33. The predicted molar refractivity (Wildman–Crippen MR) is 95.3 cm³/mol. The molecule has 10 heteroatoms. The van der Waals surface area contributed by atoms with Gasteiger partial charge >= 0.3 is 12.5 Å². The number of benzene rings is 1. The average molecular weight is 390 g/mol. The Balaban J connectivity index is 2.39. The van der Waals surface area contributed by atoms with Crippen LogP contribution in [0.2, 0.25) is 0 Å². The molecule has 0 spiro atoms. The molecule has 1 aromatic rings. The van der Waals surface area contributed by atoms with Crippen molar-refractivity contribution >= 4 is 12.1 Å². The highest BCUT2D eigenvalue weighted by Gasteiger charge is 2.30. The summed E-state index contributed by atoms with van der Waals surface area (Å²) in [6, 6.07) is 5.35. The van der Waals surface area contributed by atoms with Crippen molar-refractivity contribution in [2.45, 2.75) is 39.3 Å². The van der Waals surface area contributed by atoms with E-state index in [9.17, 15) is 18.0 Å². The number of carbonyl (C=O) groups excluding carboxylic acids is 1. The van der Waals surface area contributed by atoms with E-state index in [1.807, 2.05) is 0 Å². The number of hydrogen-bond donors (Lipinski definition) is 2. The van der Waals surface area contributed by atoms with Crippen molar-refractivity contribution in [3.05, 3.63) is 29.8 Å². The van der Waals surface area contributed by atoms with Gasteiger partial charge in [0, 0.05) is 20.1 Å². The van der Waals surface area contributed by atoms with Crippen molar-refractivity contribution in [1.29, 1.82) is 0 Å². The molecule has 1 rings (SSSR count). The summed E-state index contributed by atoms with van der Waals surface area (Å²) in [6.45, 7) is 6.25. The molecular formula is C17H25F3N4O3. The van der Waals surface area contributed by atoms with Gasteiger partial charge in [-0.25, -0.2) is 9.79 Å². The molecule has 0 atom stereocenters. The number of likely N-dealkylation sites (N-methyl/N-ethyl adjacent to an activating group) is 1. The van der Waals surface area contributed by atoms with Gasteiger partial charge < -0.3 is 25.4 Å². The van der Waals surface area contributed by atoms with E-state index in [4.69, 9.17) is 10.5 Å². The summed E-state index contributed by atoms with van der Waals surface area (Å²) in [6.07, 6.45) is -5.17. The Bertz CT molecular complexity index is 640. The highest BCUT2D eigenvalue weighted by Crippen LogP contribution is 2.22. The number of nitrogens with two attached hydrogens (primary N) is 1. The molecule has 0 heterocycles. The van der Waals surface area contributed by atoms with Crippen LogP contribution in [-0.2, 0) is 11.3 Å². The topological polar surface area (TPSA) is 89.2 Å². The molecule has 0 aromatic heterocycles. The van der Waals surface area contributed by atoms with Gasteiger partial charge in [-0.3, -0.25) is 0 Å². The molecule has 0 aliphatic heterocycles. The summed E-state index contributed by atoms with van der Waals surface area (Å²) in [7, 11) is 1.60. The van der Waals surface area contributed by atoms with Crippen molar-refractivity contribution < 1.29 is 27.4 Å². The van der Waals surface area contributed by atoms with Crippen molar-refractivity contribution in [1.82, 2.24) is 10.2 Å². The Morgan fingerprint density at radius 3 is 2.33 bits per heavy atom. The minimum absolute atomic E-state index is 0.156. The lowest BCUT2D eigenvalue weighted by Crippen LogP contribution is -2.41. The summed E-state index contributed by atoms with van der Waals surface area (Å²) in [5.41, 5.74) is 5.83. The van der Waals surface area contributed by atoms with Gasteiger partial charge in [0.25, 0.3) is 0 Å². The second-order valence-corrected chi connectivity index (χ2v) is 6.72. The Morgan fingerprint density at radius 2 is 1.81 bits per heavy atom. The van der Waals surface area contributed by atoms with Crippen LogP contribution in [-0.4, -0.2) is 49.1 Å². The fourth-order valence-electron chi connectivity index (χ4n) is 1.81. The minimum Gasteiger partial charge on any atom is -0.444 e. The van der Waals surface area contributed by atoms with Gasteiger partial charge in [0.2, 0.25) is 0 Å². The van der Waals surface area contributed by atoms with Crippen LogP contribution < -0.4 is 15.8 Å². The number of ether oxygens (including phenoxy) is 2. The number of amides is 1. The Labute approximate surface area is 156 Å². The normalized spacial score (nSPS) is 12.5. The lowest BCUT2D eigenvalue weighted by atomic mass is 10.2. The molecular weight excluding hydrogens is 365 g/mol. The average Bonchev–Trinajstić information content (AvgIpc) is 2.51. The Hall–Kier alpha value is -2.65. The zero-order chi connectivity index (χ0) is 20.7. The maximum atomic E-state index is 12.1. The van der Waals surface area contributed by atoms with Crippen LogP contribution in [0.25, 0.3) is 0 Å². The minimum atomic E-state index is -4.72. The molecule has 152 valence electrons. The molecule has 0 radical (unpaired) electrons. The molecule has 0 fully saturated rings. The molecule has 0 aliphatic carbocycles. The standard InChI is InChI=1S/C17H25F3N4O3/c1-16(2,3)27-15(25)24(4)10-9-22-14(21)23-11-12-5-7-13(8-6-12)26-17(18,19)20/h5-8H,9-11H2,1-4H3,(H3,21,22,23). The first-order chi connectivity index (χ1) is 12.4. The molecule has 0 unspecified atom stereocenters. The van der Waals surface area contributed by atoms with Gasteiger partial charge in [-0.15, -0.1) is 13.2 Å².